The van der Waals surface area contributed by atoms with E-state index in [9.17, 15) is 0 Å². The molecule has 0 saturated heterocycles. The Morgan fingerprint density at radius 2 is 1.05 bits per heavy atom. The van der Waals surface area contributed by atoms with Crippen LogP contribution in [0.15, 0.2) is 84.9 Å². The maximum atomic E-state index is 8.45. The van der Waals surface area contributed by atoms with Gasteiger partial charge in [-0.3, -0.25) is 0 Å². The fraction of sp³-hybridized carbons (Fsp3) is 0.314. The predicted octanol–water partition coefficient (Wildman–Crippen LogP) is 9.49. The molecule has 2 aliphatic rings. The van der Waals surface area contributed by atoms with Crippen molar-refractivity contribution in [3.05, 3.63) is 107 Å². The van der Waals surface area contributed by atoms with Gasteiger partial charge in [0.1, 0.15) is 0 Å². The molecule has 0 amide bonds. The molecular formula is C35H39Cl2SiZr. The van der Waals surface area contributed by atoms with Gasteiger partial charge in [0.25, 0.3) is 0 Å². The van der Waals surface area contributed by atoms with E-state index in [-0.39, 0.29) is 0 Å². The summed E-state index contributed by atoms with van der Waals surface area (Å²) in [6.07, 6.45) is 9.75. The normalized spacial score (nSPS) is 15.1. The first-order valence-electron chi connectivity index (χ1n) is 14.9. The fourth-order valence-electron chi connectivity index (χ4n) is 7.33. The van der Waals surface area contributed by atoms with Crippen LogP contribution in [0.2, 0.25) is 12.6 Å². The number of hydrogen-bond donors (Lipinski definition) is 0. The van der Waals surface area contributed by atoms with Gasteiger partial charge < -0.3 is 0 Å². The minimum atomic E-state index is -4.75. The third kappa shape index (κ3) is 4.68. The van der Waals surface area contributed by atoms with E-state index in [1.54, 1.807) is 0 Å². The molecule has 6 rings (SSSR count). The Kier molecular flexibility index (Phi) is 7.88. The molecule has 0 fully saturated rings. The molecule has 201 valence electrons. The van der Waals surface area contributed by atoms with Crippen LogP contribution in [0.1, 0.15) is 67.7 Å². The van der Waals surface area contributed by atoms with Crippen LogP contribution in [-0.4, -0.2) is 5.92 Å². The van der Waals surface area contributed by atoms with Crippen molar-refractivity contribution in [3.8, 4) is 22.3 Å². The van der Waals surface area contributed by atoms with Gasteiger partial charge in [-0.1, -0.05) is 0 Å². The van der Waals surface area contributed by atoms with Crippen molar-refractivity contribution in [2.45, 2.75) is 70.9 Å². The van der Waals surface area contributed by atoms with Gasteiger partial charge in [0, 0.05) is 0 Å². The zero-order valence-electron chi connectivity index (χ0n) is 23.3. The zero-order valence-corrected chi connectivity index (χ0v) is 28.4. The Balaban J connectivity index is 1.48. The van der Waals surface area contributed by atoms with Crippen molar-refractivity contribution in [1.82, 2.24) is 0 Å². The van der Waals surface area contributed by atoms with Gasteiger partial charge in [-0.15, -0.1) is 0 Å². The van der Waals surface area contributed by atoms with Crippen LogP contribution in [0.4, 0.5) is 0 Å². The van der Waals surface area contributed by atoms with Crippen molar-refractivity contribution < 1.29 is 15.6 Å². The Hall–Kier alpha value is -1.44. The SMILES string of the molecule is CCCCCCCC[SiH](C)[Zr]([Cl])([Cl])([c]1cccc2c1Cc1ccccc1-2)[c]1cccc2c1Cc1ccccc1-2. The Morgan fingerprint density at radius 1 is 0.590 bits per heavy atom. The van der Waals surface area contributed by atoms with E-state index < -0.39 is 21.5 Å². The standard InChI is InChI=1S/2C13H9.C9H21Si.2ClH.Zr/c2*1-3-7-12-10(5-1)9-11-6-2-4-8-13(11)12;1-3-4-5-6-7-8-9-10-2;;;/h2*1-5,7-8H,9H2;10H,3-9H2,1-2H3;2*1H;/q;;;;;+2/p-2. The summed E-state index contributed by atoms with van der Waals surface area (Å²) in [5.74, 6) is -1.58. The second-order valence-corrected chi connectivity index (χ2v) is 51.1. The van der Waals surface area contributed by atoms with Crippen LogP contribution in [0.25, 0.3) is 22.3 Å². The monoisotopic (exact) mass is 647 g/mol. The van der Waals surface area contributed by atoms with Crippen LogP contribution in [0.5, 0.6) is 0 Å². The molecule has 0 saturated carbocycles. The van der Waals surface area contributed by atoms with E-state index in [2.05, 4.69) is 98.4 Å². The van der Waals surface area contributed by atoms with E-state index in [0.29, 0.717) is 0 Å². The van der Waals surface area contributed by atoms with Gasteiger partial charge in [0.15, 0.2) is 0 Å². The van der Waals surface area contributed by atoms with Crippen molar-refractivity contribution in [2.24, 2.45) is 0 Å². The molecule has 1 unspecified atom stereocenters. The molecule has 2 aliphatic carbocycles. The fourth-order valence-corrected chi connectivity index (χ4v) is 40.6. The molecule has 39 heavy (non-hydrogen) atoms. The van der Waals surface area contributed by atoms with Gasteiger partial charge in [-0.25, -0.2) is 0 Å². The van der Waals surface area contributed by atoms with Crippen molar-refractivity contribution in [2.75, 3.05) is 0 Å². The molecule has 4 heteroatoms. The van der Waals surface area contributed by atoms with Crippen LogP contribution < -0.4 is 6.54 Å². The second kappa shape index (κ2) is 11.1. The summed E-state index contributed by atoms with van der Waals surface area (Å²) < 4.78 is 2.67. The minimum absolute atomic E-state index is 0.943. The number of hydrogen-bond acceptors (Lipinski definition) is 0. The van der Waals surface area contributed by atoms with Gasteiger partial charge in [0.2, 0.25) is 0 Å². The number of benzene rings is 4. The third-order valence-electron chi connectivity index (χ3n) is 9.55. The molecule has 0 bridgehead atoms. The van der Waals surface area contributed by atoms with E-state index in [4.69, 9.17) is 17.0 Å². The molecule has 0 nitrogen and oxygen atoms in total. The van der Waals surface area contributed by atoms with Gasteiger partial charge in [0.05, 0.1) is 0 Å². The van der Waals surface area contributed by atoms with Crippen LogP contribution in [0.3, 0.4) is 0 Å². The van der Waals surface area contributed by atoms with E-state index >= 15 is 0 Å². The molecule has 1 atom stereocenters. The number of fused-ring (bicyclic) bond motifs is 6. The Bertz CT molecular complexity index is 1420. The molecule has 0 N–H and O–H groups in total. The van der Waals surface area contributed by atoms with Crippen molar-refractivity contribution in [3.63, 3.8) is 0 Å². The van der Waals surface area contributed by atoms with Crippen molar-refractivity contribution >= 4 is 29.5 Å². The second-order valence-electron chi connectivity index (χ2n) is 11.9. The third-order valence-corrected chi connectivity index (χ3v) is 56.3. The molecule has 0 radical (unpaired) electrons. The Labute approximate surface area is 243 Å². The number of unbranched alkanes of at least 4 members (excludes halogenated alkanes) is 5. The van der Waals surface area contributed by atoms with Gasteiger partial charge >= 0.3 is 245 Å². The molecule has 0 aromatic heterocycles. The topological polar surface area (TPSA) is 0 Å². The number of halogens is 2. The summed E-state index contributed by atoms with van der Waals surface area (Å²) in [5, 5.41) is 0. The predicted molar refractivity (Wildman–Crippen MR) is 172 cm³/mol. The van der Waals surface area contributed by atoms with Crippen LogP contribution >= 0.6 is 17.0 Å². The average molecular weight is 650 g/mol. The molecule has 0 heterocycles. The molecule has 4 aromatic rings. The van der Waals surface area contributed by atoms with Crippen LogP contribution in [0, 0.1) is 0 Å². The van der Waals surface area contributed by atoms with Gasteiger partial charge in [-0.05, 0) is 0 Å². The molecular weight excluding hydrogens is 611 g/mol. The first-order chi connectivity index (χ1) is 18.9. The van der Waals surface area contributed by atoms with Crippen molar-refractivity contribution in [1.29, 1.82) is 0 Å². The summed E-state index contributed by atoms with van der Waals surface area (Å²) in [6, 6.07) is 32.7. The van der Waals surface area contributed by atoms with Gasteiger partial charge in [-0.2, -0.15) is 0 Å². The molecule has 0 spiro atoms. The molecule has 4 aromatic carbocycles. The van der Waals surface area contributed by atoms with Crippen LogP contribution in [-0.2, 0) is 28.4 Å². The first kappa shape index (κ1) is 27.7. The quantitative estimate of drug-likeness (QED) is 0.102. The van der Waals surface area contributed by atoms with E-state index in [1.807, 2.05) is 0 Å². The first-order valence-corrected chi connectivity index (χ1v) is 30.5. The summed E-state index contributed by atoms with van der Waals surface area (Å²) in [6.45, 7) is 4.80. The summed E-state index contributed by atoms with van der Waals surface area (Å²) in [4.78, 5) is 0. The van der Waals surface area contributed by atoms with E-state index in [0.717, 1.165) is 12.8 Å². The summed E-state index contributed by atoms with van der Waals surface area (Å²) >= 11 is -4.75. The van der Waals surface area contributed by atoms with E-state index in [1.165, 1.54) is 95.6 Å². The maximum absolute atomic E-state index is 8.45. The average Bonchev–Trinajstić information content (AvgIpc) is 3.53. The molecule has 0 aliphatic heterocycles. The summed E-state index contributed by atoms with van der Waals surface area (Å²) in [5.41, 5.74) is 11.0. The number of rotatable bonds is 10. The zero-order chi connectivity index (χ0) is 27.1. The Morgan fingerprint density at radius 3 is 1.59 bits per heavy atom. The summed E-state index contributed by atoms with van der Waals surface area (Å²) in [7, 11) is 16.9.